The minimum absolute atomic E-state index is 0.174. The van der Waals surface area contributed by atoms with Crippen LogP contribution < -0.4 is 10.9 Å². The molecule has 1 amide bonds. The van der Waals surface area contributed by atoms with Crippen LogP contribution in [-0.4, -0.2) is 40.4 Å². The summed E-state index contributed by atoms with van der Waals surface area (Å²) >= 11 is 14.8. The van der Waals surface area contributed by atoms with Gasteiger partial charge >= 0.3 is 0 Å². The first-order chi connectivity index (χ1) is 14.9. The SMILES string of the molecule is Cc1[nH]c(=O)c(CN2CCc3c(Cl)cc(C(C)C4CNC4)c(Cl)c3C2=O)c2scnc12. The first-order valence-electron chi connectivity index (χ1n) is 10.3. The normalized spacial score (nSPS) is 17.7. The maximum absolute atomic E-state index is 13.5. The average molecular weight is 477 g/mol. The highest BCUT2D eigenvalue weighted by Crippen LogP contribution is 2.40. The second kappa shape index (κ2) is 7.89. The Morgan fingerprint density at radius 3 is 2.81 bits per heavy atom. The van der Waals surface area contributed by atoms with Crippen molar-refractivity contribution in [3.8, 4) is 0 Å². The summed E-state index contributed by atoms with van der Waals surface area (Å²) in [5, 5.41) is 4.38. The molecule has 2 N–H and O–H groups in total. The van der Waals surface area contributed by atoms with Gasteiger partial charge in [-0.05, 0) is 55.5 Å². The van der Waals surface area contributed by atoms with Crippen LogP contribution in [0.2, 0.25) is 10.0 Å². The molecule has 0 radical (unpaired) electrons. The van der Waals surface area contributed by atoms with Crippen molar-refractivity contribution in [2.24, 2.45) is 5.92 Å². The van der Waals surface area contributed by atoms with E-state index in [1.165, 1.54) is 11.3 Å². The third-order valence-electron chi connectivity index (χ3n) is 6.61. The molecule has 0 spiro atoms. The van der Waals surface area contributed by atoms with Crippen LogP contribution in [0.4, 0.5) is 0 Å². The van der Waals surface area contributed by atoms with E-state index in [-0.39, 0.29) is 23.9 Å². The Bertz CT molecular complexity index is 1260. The Hall–Kier alpha value is -1.93. The fraction of sp³-hybridized carbons (Fsp3) is 0.409. The van der Waals surface area contributed by atoms with Gasteiger partial charge in [0.2, 0.25) is 0 Å². The van der Waals surface area contributed by atoms with Gasteiger partial charge in [0.05, 0.1) is 32.9 Å². The van der Waals surface area contributed by atoms with Crippen LogP contribution in [-0.2, 0) is 13.0 Å². The Labute approximate surface area is 193 Å². The third-order valence-corrected chi connectivity index (χ3v) is 8.24. The van der Waals surface area contributed by atoms with Gasteiger partial charge in [-0.25, -0.2) is 4.98 Å². The summed E-state index contributed by atoms with van der Waals surface area (Å²) in [7, 11) is 0. The van der Waals surface area contributed by atoms with E-state index in [9.17, 15) is 9.59 Å². The molecule has 1 unspecified atom stereocenters. The molecule has 2 aliphatic rings. The standard InChI is InChI=1S/C22H22Cl2N4O2S/c1-10(12-6-25-7-12)14-5-16(23)13-3-4-28(22(30)17(13)18(14)24)8-15-20-19(26-9-31-20)11(2)27-21(15)29/h5,9-10,12,25H,3-4,6-8H2,1-2H3,(H,27,29). The highest BCUT2D eigenvalue weighted by molar-refractivity contribution is 7.17. The Morgan fingerprint density at radius 2 is 2.10 bits per heavy atom. The molecule has 2 aromatic heterocycles. The van der Waals surface area contributed by atoms with Gasteiger partial charge in [0.1, 0.15) is 5.52 Å². The number of H-pyrrole nitrogens is 1. The Balaban J connectivity index is 1.53. The number of nitrogens with zero attached hydrogens (tertiary/aromatic N) is 2. The summed E-state index contributed by atoms with van der Waals surface area (Å²) in [6.07, 6.45) is 0.606. The molecule has 1 atom stereocenters. The molecule has 0 saturated carbocycles. The van der Waals surface area contributed by atoms with E-state index < -0.39 is 0 Å². The number of amides is 1. The van der Waals surface area contributed by atoms with Gasteiger partial charge in [-0.1, -0.05) is 30.1 Å². The summed E-state index contributed by atoms with van der Waals surface area (Å²) in [6.45, 7) is 6.54. The fourth-order valence-corrected chi connectivity index (χ4v) is 6.14. The zero-order valence-electron chi connectivity index (χ0n) is 17.2. The van der Waals surface area contributed by atoms with Gasteiger partial charge in [0.15, 0.2) is 0 Å². The summed E-state index contributed by atoms with van der Waals surface area (Å²) in [5.41, 5.74) is 5.82. The van der Waals surface area contributed by atoms with Crippen molar-refractivity contribution in [1.82, 2.24) is 20.2 Å². The molecular formula is C22H22Cl2N4O2S. The van der Waals surface area contributed by atoms with E-state index in [0.717, 1.165) is 40.1 Å². The minimum Gasteiger partial charge on any atom is -0.334 e. The number of carbonyl (C=O) groups excluding carboxylic acids is 1. The van der Waals surface area contributed by atoms with E-state index in [1.807, 2.05) is 13.0 Å². The van der Waals surface area contributed by atoms with Gasteiger partial charge < -0.3 is 15.2 Å². The molecule has 31 heavy (non-hydrogen) atoms. The van der Waals surface area contributed by atoms with Crippen LogP contribution in [0.15, 0.2) is 16.4 Å². The van der Waals surface area contributed by atoms with Crippen LogP contribution in [0.3, 0.4) is 0 Å². The summed E-state index contributed by atoms with van der Waals surface area (Å²) in [5.74, 6) is 0.509. The number of pyridine rings is 1. The average Bonchev–Trinajstić information content (AvgIpc) is 3.17. The largest absolute Gasteiger partial charge is 0.334 e. The van der Waals surface area contributed by atoms with Crippen molar-refractivity contribution in [1.29, 1.82) is 0 Å². The summed E-state index contributed by atoms with van der Waals surface area (Å²) < 4.78 is 0.823. The van der Waals surface area contributed by atoms with Crippen molar-refractivity contribution in [3.05, 3.63) is 59.9 Å². The van der Waals surface area contributed by atoms with Crippen LogP contribution in [0.25, 0.3) is 10.2 Å². The molecule has 6 nitrogen and oxygen atoms in total. The van der Waals surface area contributed by atoms with Gasteiger partial charge in [-0.3, -0.25) is 9.59 Å². The smallest absolute Gasteiger partial charge is 0.256 e. The number of fused-ring (bicyclic) bond motifs is 2. The number of hydrogen-bond donors (Lipinski definition) is 2. The lowest BCUT2D eigenvalue weighted by Gasteiger charge is -2.35. The lowest BCUT2D eigenvalue weighted by Crippen LogP contribution is -2.45. The Kier molecular flexibility index (Phi) is 5.33. The molecule has 3 aromatic rings. The molecule has 162 valence electrons. The fourth-order valence-electron chi connectivity index (χ4n) is 4.53. The van der Waals surface area contributed by atoms with Gasteiger partial charge in [0.25, 0.3) is 11.5 Å². The quantitative estimate of drug-likeness (QED) is 0.593. The number of rotatable bonds is 4. The first kappa shape index (κ1) is 20.9. The van der Waals surface area contributed by atoms with Crippen LogP contribution in [0, 0.1) is 12.8 Å². The lowest BCUT2D eigenvalue weighted by molar-refractivity contribution is 0.0727. The zero-order valence-corrected chi connectivity index (χ0v) is 19.5. The van der Waals surface area contributed by atoms with Crippen molar-refractivity contribution in [3.63, 3.8) is 0 Å². The molecule has 0 bridgehead atoms. The molecule has 2 aliphatic heterocycles. The van der Waals surface area contributed by atoms with Gasteiger partial charge in [-0.15, -0.1) is 11.3 Å². The second-order valence-electron chi connectivity index (χ2n) is 8.39. The highest BCUT2D eigenvalue weighted by atomic mass is 35.5. The van der Waals surface area contributed by atoms with E-state index >= 15 is 0 Å². The monoisotopic (exact) mass is 476 g/mol. The maximum atomic E-state index is 13.5. The minimum atomic E-state index is -0.183. The first-order valence-corrected chi connectivity index (χ1v) is 12.0. The number of thiazole rings is 1. The molecular weight excluding hydrogens is 455 g/mol. The predicted molar refractivity (Wildman–Crippen MR) is 125 cm³/mol. The number of aromatic nitrogens is 2. The summed E-state index contributed by atoms with van der Waals surface area (Å²) in [6, 6.07) is 1.93. The lowest BCUT2D eigenvalue weighted by atomic mass is 9.82. The van der Waals surface area contributed by atoms with E-state index in [0.29, 0.717) is 40.1 Å². The van der Waals surface area contributed by atoms with Crippen molar-refractivity contribution < 1.29 is 4.79 Å². The number of carbonyl (C=O) groups is 1. The van der Waals surface area contributed by atoms with Crippen LogP contribution in [0.5, 0.6) is 0 Å². The highest BCUT2D eigenvalue weighted by Gasteiger charge is 2.34. The van der Waals surface area contributed by atoms with E-state index in [4.69, 9.17) is 23.2 Å². The molecule has 1 saturated heterocycles. The van der Waals surface area contributed by atoms with Crippen molar-refractivity contribution in [2.75, 3.05) is 19.6 Å². The van der Waals surface area contributed by atoms with Crippen molar-refractivity contribution >= 4 is 50.7 Å². The second-order valence-corrected chi connectivity index (χ2v) is 10.0. The summed E-state index contributed by atoms with van der Waals surface area (Å²) in [4.78, 5) is 35.1. The predicted octanol–water partition coefficient (Wildman–Crippen LogP) is 4.12. The van der Waals surface area contributed by atoms with E-state index in [2.05, 4.69) is 22.2 Å². The zero-order chi connectivity index (χ0) is 21.9. The van der Waals surface area contributed by atoms with Crippen molar-refractivity contribution in [2.45, 2.75) is 32.7 Å². The molecule has 9 heteroatoms. The molecule has 5 rings (SSSR count). The number of aromatic amines is 1. The molecule has 1 fully saturated rings. The van der Waals surface area contributed by atoms with E-state index in [1.54, 1.807) is 10.4 Å². The molecule has 4 heterocycles. The molecule has 1 aromatic carbocycles. The van der Waals surface area contributed by atoms with Crippen LogP contribution >= 0.6 is 34.5 Å². The number of halogens is 2. The maximum Gasteiger partial charge on any atom is 0.256 e. The topological polar surface area (TPSA) is 78.1 Å². The molecule has 0 aliphatic carbocycles. The number of hydrogen-bond acceptors (Lipinski definition) is 5. The number of aryl methyl sites for hydroxylation is 1. The third kappa shape index (κ3) is 3.39. The van der Waals surface area contributed by atoms with Gasteiger partial charge in [-0.2, -0.15) is 0 Å². The number of benzene rings is 1. The van der Waals surface area contributed by atoms with Gasteiger partial charge in [0, 0.05) is 17.3 Å². The number of nitrogens with one attached hydrogen (secondary N) is 2. The Morgan fingerprint density at radius 1 is 1.32 bits per heavy atom. The van der Waals surface area contributed by atoms with Crippen LogP contribution in [0.1, 0.15) is 45.6 Å².